The van der Waals surface area contributed by atoms with Gasteiger partial charge >= 0.3 is 0 Å². The molecule has 5 heteroatoms. The molecule has 0 bridgehead atoms. The van der Waals surface area contributed by atoms with Crippen LogP contribution in [-0.2, 0) is 17.6 Å². The molecule has 1 heterocycles. The lowest BCUT2D eigenvalue weighted by atomic mass is 10.1. The van der Waals surface area contributed by atoms with Gasteiger partial charge in [0.25, 0.3) is 0 Å². The van der Waals surface area contributed by atoms with Crippen LogP contribution in [0.25, 0.3) is 11.0 Å². The molecule has 24 heavy (non-hydrogen) atoms. The molecule has 3 aromatic rings. The molecule has 5 nitrogen and oxygen atoms in total. The lowest BCUT2D eigenvalue weighted by molar-refractivity contribution is -0.115. The Morgan fingerprint density at radius 1 is 1.25 bits per heavy atom. The normalized spacial score (nSPS) is 10.3. The quantitative estimate of drug-likeness (QED) is 0.778. The van der Waals surface area contributed by atoms with E-state index >= 15 is 0 Å². The SMILES string of the molecule is COc1ccc2c(CC(=O)Nc3ccc(CC#N)cc3)coc2c1. The third-order valence-corrected chi connectivity index (χ3v) is 3.73. The molecular weight excluding hydrogens is 304 g/mol. The molecule has 0 atom stereocenters. The van der Waals surface area contributed by atoms with Crippen LogP contribution >= 0.6 is 0 Å². The average Bonchev–Trinajstić information content (AvgIpc) is 2.99. The zero-order valence-electron chi connectivity index (χ0n) is 13.2. The van der Waals surface area contributed by atoms with Crippen LogP contribution in [0.2, 0.25) is 0 Å². The van der Waals surface area contributed by atoms with Crippen molar-refractivity contribution in [3.8, 4) is 11.8 Å². The Balaban J connectivity index is 1.69. The number of hydrogen-bond acceptors (Lipinski definition) is 4. The molecule has 0 unspecified atom stereocenters. The smallest absolute Gasteiger partial charge is 0.228 e. The second kappa shape index (κ2) is 6.88. The van der Waals surface area contributed by atoms with Crippen LogP contribution in [0.15, 0.2) is 53.1 Å². The number of nitriles is 1. The molecular formula is C19H16N2O3. The molecule has 1 aromatic heterocycles. The highest BCUT2D eigenvalue weighted by Crippen LogP contribution is 2.26. The van der Waals surface area contributed by atoms with Crippen molar-refractivity contribution in [2.75, 3.05) is 12.4 Å². The zero-order valence-corrected chi connectivity index (χ0v) is 13.2. The monoisotopic (exact) mass is 320 g/mol. The number of hydrogen-bond donors (Lipinski definition) is 1. The van der Waals surface area contributed by atoms with Crippen molar-refractivity contribution < 1.29 is 13.9 Å². The first kappa shape index (κ1) is 15.6. The maximum Gasteiger partial charge on any atom is 0.228 e. The third kappa shape index (κ3) is 3.39. The molecule has 0 fully saturated rings. The van der Waals surface area contributed by atoms with Crippen LogP contribution in [0, 0.1) is 11.3 Å². The fourth-order valence-electron chi connectivity index (χ4n) is 2.50. The minimum absolute atomic E-state index is 0.124. The molecule has 2 aromatic carbocycles. The number of furan rings is 1. The van der Waals surface area contributed by atoms with E-state index in [1.54, 1.807) is 31.6 Å². The second-order valence-corrected chi connectivity index (χ2v) is 5.38. The van der Waals surface area contributed by atoms with Crippen molar-refractivity contribution in [3.63, 3.8) is 0 Å². The van der Waals surface area contributed by atoms with Crippen molar-refractivity contribution in [1.29, 1.82) is 5.26 Å². The van der Waals surface area contributed by atoms with Gasteiger partial charge < -0.3 is 14.5 Å². The number of amides is 1. The van der Waals surface area contributed by atoms with Crippen LogP contribution < -0.4 is 10.1 Å². The summed E-state index contributed by atoms with van der Waals surface area (Å²) in [6, 6.07) is 14.9. The van der Waals surface area contributed by atoms with E-state index in [0.717, 1.165) is 16.5 Å². The van der Waals surface area contributed by atoms with Gasteiger partial charge in [-0.05, 0) is 29.8 Å². The average molecular weight is 320 g/mol. The summed E-state index contributed by atoms with van der Waals surface area (Å²) >= 11 is 0. The number of rotatable bonds is 5. The van der Waals surface area contributed by atoms with Gasteiger partial charge in [0.2, 0.25) is 5.91 Å². The van der Waals surface area contributed by atoms with Crippen LogP contribution in [0.3, 0.4) is 0 Å². The lowest BCUT2D eigenvalue weighted by Crippen LogP contribution is -2.14. The molecule has 0 aliphatic carbocycles. The van der Waals surface area contributed by atoms with Gasteiger partial charge in [0.05, 0.1) is 32.3 Å². The number of ether oxygens (including phenoxy) is 1. The van der Waals surface area contributed by atoms with Gasteiger partial charge in [-0.1, -0.05) is 12.1 Å². The van der Waals surface area contributed by atoms with E-state index in [0.29, 0.717) is 23.4 Å². The second-order valence-electron chi connectivity index (χ2n) is 5.38. The molecule has 3 rings (SSSR count). The Kier molecular flexibility index (Phi) is 4.48. The highest BCUT2D eigenvalue weighted by Gasteiger charge is 2.11. The van der Waals surface area contributed by atoms with Crippen molar-refractivity contribution in [2.45, 2.75) is 12.8 Å². The van der Waals surface area contributed by atoms with Gasteiger partial charge in [-0.15, -0.1) is 0 Å². The number of carbonyl (C=O) groups excluding carboxylic acids is 1. The largest absolute Gasteiger partial charge is 0.497 e. The van der Waals surface area contributed by atoms with Gasteiger partial charge in [-0.3, -0.25) is 4.79 Å². The summed E-state index contributed by atoms with van der Waals surface area (Å²) < 4.78 is 10.7. The summed E-state index contributed by atoms with van der Waals surface area (Å²) in [5.74, 6) is 0.590. The van der Waals surface area contributed by atoms with Crippen LogP contribution in [0.5, 0.6) is 5.75 Å². The molecule has 1 N–H and O–H groups in total. The molecule has 0 spiro atoms. The predicted molar refractivity (Wildman–Crippen MR) is 90.9 cm³/mol. The minimum atomic E-state index is -0.124. The number of anilines is 1. The number of nitrogens with one attached hydrogen (secondary N) is 1. The van der Waals surface area contributed by atoms with Gasteiger partial charge in [-0.25, -0.2) is 0 Å². The topological polar surface area (TPSA) is 75.3 Å². The Labute approximate surface area is 139 Å². The first-order valence-electron chi connectivity index (χ1n) is 7.49. The van der Waals surface area contributed by atoms with Gasteiger partial charge in [-0.2, -0.15) is 5.26 Å². The van der Waals surface area contributed by atoms with E-state index in [9.17, 15) is 4.79 Å². The molecule has 0 saturated heterocycles. The molecule has 0 aliphatic rings. The number of benzene rings is 2. The van der Waals surface area contributed by atoms with Crippen molar-refractivity contribution in [2.24, 2.45) is 0 Å². The summed E-state index contributed by atoms with van der Waals surface area (Å²) in [5.41, 5.74) is 3.14. The summed E-state index contributed by atoms with van der Waals surface area (Å²) in [6.45, 7) is 0. The molecule has 0 saturated carbocycles. The maximum atomic E-state index is 12.2. The first-order chi connectivity index (χ1) is 11.7. The number of fused-ring (bicyclic) bond motifs is 1. The number of carbonyl (C=O) groups is 1. The van der Waals surface area contributed by atoms with E-state index in [1.165, 1.54) is 0 Å². The van der Waals surface area contributed by atoms with E-state index < -0.39 is 0 Å². The Morgan fingerprint density at radius 2 is 2.04 bits per heavy atom. The Hall–Kier alpha value is -3.26. The molecule has 0 aliphatic heterocycles. The summed E-state index contributed by atoms with van der Waals surface area (Å²) in [7, 11) is 1.60. The summed E-state index contributed by atoms with van der Waals surface area (Å²) in [4.78, 5) is 12.2. The Morgan fingerprint density at radius 3 is 2.75 bits per heavy atom. The highest BCUT2D eigenvalue weighted by molar-refractivity contribution is 5.95. The summed E-state index contributed by atoms with van der Waals surface area (Å²) in [5, 5.41) is 12.4. The predicted octanol–water partition coefficient (Wildman–Crippen LogP) is 3.69. The molecule has 120 valence electrons. The maximum absolute atomic E-state index is 12.2. The van der Waals surface area contributed by atoms with Crippen LogP contribution in [0.1, 0.15) is 11.1 Å². The van der Waals surface area contributed by atoms with Gasteiger partial charge in [0.1, 0.15) is 11.3 Å². The van der Waals surface area contributed by atoms with Crippen LogP contribution in [0.4, 0.5) is 5.69 Å². The number of methoxy groups -OCH3 is 1. The first-order valence-corrected chi connectivity index (χ1v) is 7.49. The fourth-order valence-corrected chi connectivity index (χ4v) is 2.50. The van der Waals surface area contributed by atoms with E-state index in [1.807, 2.05) is 24.3 Å². The van der Waals surface area contributed by atoms with Gasteiger partial charge in [0, 0.05) is 22.7 Å². The lowest BCUT2D eigenvalue weighted by Gasteiger charge is -2.05. The molecule has 1 amide bonds. The number of nitrogens with zero attached hydrogens (tertiary/aromatic N) is 1. The highest BCUT2D eigenvalue weighted by atomic mass is 16.5. The van der Waals surface area contributed by atoms with Crippen molar-refractivity contribution >= 4 is 22.6 Å². The molecule has 0 radical (unpaired) electrons. The zero-order chi connectivity index (χ0) is 16.9. The summed E-state index contributed by atoms with van der Waals surface area (Å²) in [6.07, 6.45) is 2.18. The third-order valence-electron chi connectivity index (χ3n) is 3.73. The fraction of sp³-hybridized carbons (Fsp3) is 0.158. The van der Waals surface area contributed by atoms with Gasteiger partial charge in [0.15, 0.2) is 0 Å². The van der Waals surface area contributed by atoms with E-state index in [4.69, 9.17) is 14.4 Å². The van der Waals surface area contributed by atoms with E-state index in [-0.39, 0.29) is 12.3 Å². The Bertz CT molecular complexity index is 905. The van der Waals surface area contributed by atoms with E-state index in [2.05, 4.69) is 11.4 Å². The van der Waals surface area contributed by atoms with Crippen molar-refractivity contribution in [1.82, 2.24) is 0 Å². The van der Waals surface area contributed by atoms with Crippen molar-refractivity contribution in [3.05, 3.63) is 59.9 Å². The minimum Gasteiger partial charge on any atom is -0.497 e. The standard InChI is InChI=1S/C19H16N2O3/c1-23-16-6-7-17-14(12-24-18(17)11-16)10-19(22)21-15-4-2-13(3-5-15)8-9-20/h2-7,11-12H,8,10H2,1H3,(H,21,22). The van der Waals surface area contributed by atoms with Crippen LogP contribution in [-0.4, -0.2) is 13.0 Å².